The van der Waals surface area contributed by atoms with E-state index in [1.165, 1.54) is 5.56 Å². The van der Waals surface area contributed by atoms with Gasteiger partial charge in [-0.15, -0.1) is 0 Å². The van der Waals surface area contributed by atoms with Crippen molar-refractivity contribution in [1.29, 1.82) is 0 Å². The van der Waals surface area contributed by atoms with E-state index < -0.39 is 0 Å². The second-order valence-electron chi connectivity index (χ2n) is 7.16. The maximum atomic E-state index is 11.6. The minimum Gasteiger partial charge on any atom is -0.496 e. The Hall–Kier alpha value is -3.15. The maximum Gasteiger partial charge on any atom is 0.220 e. The molecule has 2 aromatic carbocycles. The van der Waals surface area contributed by atoms with Crippen LogP contribution >= 0.6 is 0 Å². The largest absolute Gasteiger partial charge is 0.496 e. The van der Waals surface area contributed by atoms with Crippen LogP contribution in [0.2, 0.25) is 0 Å². The summed E-state index contributed by atoms with van der Waals surface area (Å²) in [4.78, 5) is 16.5. The van der Waals surface area contributed by atoms with Crippen molar-refractivity contribution >= 4 is 5.91 Å². The summed E-state index contributed by atoms with van der Waals surface area (Å²) in [6.45, 7) is 2.66. The van der Waals surface area contributed by atoms with Gasteiger partial charge >= 0.3 is 0 Å². The van der Waals surface area contributed by atoms with Gasteiger partial charge in [-0.25, -0.2) is 9.67 Å². The molecule has 1 amide bonds. The normalized spacial score (nSPS) is 16.6. The van der Waals surface area contributed by atoms with Crippen LogP contribution in [-0.2, 0) is 11.2 Å². The van der Waals surface area contributed by atoms with Crippen molar-refractivity contribution in [1.82, 2.24) is 20.1 Å². The molecule has 3 aromatic rings. The zero-order chi connectivity index (χ0) is 19.5. The third kappa shape index (κ3) is 3.76. The number of amides is 1. The molecule has 0 bridgehead atoms. The van der Waals surface area contributed by atoms with Gasteiger partial charge in [-0.05, 0) is 31.5 Å². The Bertz CT molecular complexity index is 968. The molecule has 1 atom stereocenters. The van der Waals surface area contributed by atoms with E-state index in [-0.39, 0.29) is 11.8 Å². The number of hydrogen-bond acceptors (Lipinski definition) is 4. The number of para-hydroxylation sites is 1. The number of ether oxygens (including phenoxy) is 1. The SMILES string of the molecule is COc1ccccc1Cc1nc(C2CCC(=O)NC2)n(-c2ccc(C)cc2)n1. The average Bonchev–Trinajstić information content (AvgIpc) is 3.13. The van der Waals surface area contributed by atoms with Crippen LogP contribution in [0.25, 0.3) is 5.69 Å². The van der Waals surface area contributed by atoms with Gasteiger partial charge in [0.2, 0.25) is 5.91 Å². The van der Waals surface area contributed by atoms with Crippen LogP contribution in [0.15, 0.2) is 48.5 Å². The van der Waals surface area contributed by atoms with Gasteiger partial charge < -0.3 is 10.1 Å². The summed E-state index contributed by atoms with van der Waals surface area (Å²) < 4.78 is 7.39. The molecule has 1 fully saturated rings. The molecule has 6 nitrogen and oxygen atoms in total. The van der Waals surface area contributed by atoms with Gasteiger partial charge in [0.05, 0.1) is 12.8 Å². The first kappa shape index (κ1) is 18.2. The highest BCUT2D eigenvalue weighted by atomic mass is 16.5. The molecule has 1 aromatic heterocycles. The first-order valence-corrected chi connectivity index (χ1v) is 9.55. The Morgan fingerprint density at radius 1 is 1.18 bits per heavy atom. The number of rotatable bonds is 5. The standard InChI is InChI=1S/C22H24N4O2/c1-15-7-10-18(11-8-15)26-22(17-9-12-21(27)23-14-17)24-20(25-26)13-16-5-3-4-6-19(16)28-2/h3-8,10-11,17H,9,12-14H2,1-2H3,(H,23,27). The summed E-state index contributed by atoms with van der Waals surface area (Å²) in [6.07, 6.45) is 1.90. The summed E-state index contributed by atoms with van der Waals surface area (Å²) >= 11 is 0. The highest BCUT2D eigenvalue weighted by Gasteiger charge is 2.26. The molecular weight excluding hydrogens is 352 g/mol. The number of methoxy groups -OCH3 is 1. The lowest BCUT2D eigenvalue weighted by atomic mass is 9.98. The molecule has 1 unspecified atom stereocenters. The van der Waals surface area contributed by atoms with Crippen LogP contribution in [0.5, 0.6) is 5.75 Å². The van der Waals surface area contributed by atoms with Gasteiger partial charge in [0.25, 0.3) is 0 Å². The van der Waals surface area contributed by atoms with Crippen molar-refractivity contribution in [2.24, 2.45) is 0 Å². The first-order valence-electron chi connectivity index (χ1n) is 9.55. The minimum absolute atomic E-state index is 0.104. The van der Waals surface area contributed by atoms with E-state index in [9.17, 15) is 4.79 Å². The Kier molecular flexibility index (Phi) is 5.10. The number of carbonyl (C=O) groups is 1. The molecule has 1 aliphatic heterocycles. The molecule has 6 heteroatoms. The van der Waals surface area contributed by atoms with E-state index in [4.69, 9.17) is 14.8 Å². The molecule has 28 heavy (non-hydrogen) atoms. The van der Waals surface area contributed by atoms with E-state index in [1.54, 1.807) is 7.11 Å². The number of benzene rings is 2. The van der Waals surface area contributed by atoms with Crippen LogP contribution in [0, 0.1) is 6.92 Å². The van der Waals surface area contributed by atoms with Gasteiger partial charge in [0.1, 0.15) is 11.6 Å². The monoisotopic (exact) mass is 376 g/mol. The highest BCUT2D eigenvalue weighted by molar-refractivity contribution is 5.76. The van der Waals surface area contributed by atoms with Gasteiger partial charge in [0, 0.05) is 30.9 Å². The molecule has 144 valence electrons. The third-order valence-electron chi connectivity index (χ3n) is 5.13. The third-order valence-corrected chi connectivity index (χ3v) is 5.13. The van der Waals surface area contributed by atoms with Crippen molar-refractivity contribution in [3.8, 4) is 11.4 Å². The molecule has 1 aliphatic rings. The summed E-state index contributed by atoms with van der Waals surface area (Å²) in [5.74, 6) is 2.73. The number of nitrogens with one attached hydrogen (secondary N) is 1. The van der Waals surface area contributed by atoms with Gasteiger partial charge in [-0.1, -0.05) is 35.9 Å². The Morgan fingerprint density at radius 3 is 2.68 bits per heavy atom. The molecule has 0 aliphatic carbocycles. The number of aromatic nitrogens is 3. The van der Waals surface area contributed by atoms with E-state index in [0.29, 0.717) is 19.4 Å². The van der Waals surface area contributed by atoms with E-state index >= 15 is 0 Å². The fraction of sp³-hybridized carbons (Fsp3) is 0.318. The van der Waals surface area contributed by atoms with Crippen molar-refractivity contribution in [3.05, 3.63) is 71.3 Å². The van der Waals surface area contributed by atoms with Gasteiger partial charge in [0.15, 0.2) is 5.82 Å². The average molecular weight is 376 g/mol. The lowest BCUT2D eigenvalue weighted by Crippen LogP contribution is -2.34. The number of carbonyl (C=O) groups excluding carboxylic acids is 1. The first-order chi connectivity index (χ1) is 13.6. The second-order valence-corrected chi connectivity index (χ2v) is 7.16. The molecule has 1 saturated heterocycles. The van der Waals surface area contributed by atoms with Crippen LogP contribution in [0.3, 0.4) is 0 Å². The fourth-order valence-electron chi connectivity index (χ4n) is 3.56. The maximum absolute atomic E-state index is 11.6. The lowest BCUT2D eigenvalue weighted by Gasteiger charge is -2.22. The van der Waals surface area contributed by atoms with Crippen molar-refractivity contribution < 1.29 is 9.53 Å². The Balaban J connectivity index is 1.71. The van der Waals surface area contributed by atoms with Gasteiger partial charge in [-0.3, -0.25) is 4.79 Å². The summed E-state index contributed by atoms with van der Waals surface area (Å²) in [6, 6.07) is 16.2. The van der Waals surface area contributed by atoms with Gasteiger partial charge in [-0.2, -0.15) is 5.10 Å². The van der Waals surface area contributed by atoms with E-state index in [1.807, 2.05) is 28.9 Å². The number of piperidine rings is 1. The van der Waals surface area contributed by atoms with Crippen LogP contribution in [0.4, 0.5) is 0 Å². The molecule has 2 heterocycles. The van der Waals surface area contributed by atoms with E-state index in [2.05, 4.69) is 36.5 Å². The van der Waals surface area contributed by atoms with Crippen LogP contribution in [0.1, 0.15) is 41.5 Å². The van der Waals surface area contributed by atoms with Crippen molar-refractivity contribution in [3.63, 3.8) is 0 Å². The fourth-order valence-corrected chi connectivity index (χ4v) is 3.56. The molecule has 0 spiro atoms. The molecule has 1 N–H and O–H groups in total. The predicted octanol–water partition coefficient (Wildman–Crippen LogP) is 3.17. The Labute approximate surface area is 164 Å². The minimum atomic E-state index is 0.104. The number of hydrogen-bond donors (Lipinski definition) is 1. The Morgan fingerprint density at radius 2 is 1.96 bits per heavy atom. The zero-order valence-electron chi connectivity index (χ0n) is 16.2. The zero-order valence-corrected chi connectivity index (χ0v) is 16.2. The predicted molar refractivity (Wildman–Crippen MR) is 107 cm³/mol. The second kappa shape index (κ2) is 7.84. The quantitative estimate of drug-likeness (QED) is 0.743. The summed E-state index contributed by atoms with van der Waals surface area (Å²) in [5.41, 5.74) is 3.23. The number of aryl methyl sites for hydroxylation is 1. The lowest BCUT2D eigenvalue weighted by molar-refractivity contribution is -0.122. The smallest absolute Gasteiger partial charge is 0.220 e. The summed E-state index contributed by atoms with van der Waals surface area (Å²) in [5, 5.41) is 7.77. The van der Waals surface area contributed by atoms with Crippen molar-refractivity contribution in [2.75, 3.05) is 13.7 Å². The van der Waals surface area contributed by atoms with Crippen molar-refractivity contribution in [2.45, 2.75) is 32.1 Å². The number of nitrogens with zero attached hydrogens (tertiary/aromatic N) is 3. The molecule has 0 radical (unpaired) electrons. The molecular formula is C22H24N4O2. The topological polar surface area (TPSA) is 69.0 Å². The molecule has 4 rings (SSSR count). The van der Waals surface area contributed by atoms with Crippen LogP contribution in [-0.4, -0.2) is 34.3 Å². The van der Waals surface area contributed by atoms with Crippen LogP contribution < -0.4 is 10.1 Å². The highest BCUT2D eigenvalue weighted by Crippen LogP contribution is 2.26. The van der Waals surface area contributed by atoms with E-state index in [0.717, 1.165) is 35.1 Å². The summed E-state index contributed by atoms with van der Waals surface area (Å²) in [7, 11) is 1.67. The molecule has 0 saturated carbocycles.